The van der Waals surface area contributed by atoms with E-state index < -0.39 is 5.92 Å². The summed E-state index contributed by atoms with van der Waals surface area (Å²) in [5, 5.41) is 13.1. The van der Waals surface area contributed by atoms with Crippen molar-refractivity contribution in [2.24, 2.45) is 0 Å². The van der Waals surface area contributed by atoms with Crippen LogP contribution in [0.2, 0.25) is 5.02 Å². The number of aromatic nitrogens is 1. The number of rotatable bonds is 8. The number of hydrogen-bond donors (Lipinski definition) is 1. The van der Waals surface area contributed by atoms with Gasteiger partial charge in [0, 0.05) is 27.0 Å². The molecular weight excluding hydrogens is 496 g/mol. The van der Waals surface area contributed by atoms with Gasteiger partial charge < -0.3 is 14.5 Å². The molecule has 0 spiro atoms. The van der Waals surface area contributed by atoms with Crippen LogP contribution in [-0.4, -0.2) is 23.6 Å². The summed E-state index contributed by atoms with van der Waals surface area (Å²) >= 11 is 9.51. The Hall–Kier alpha value is -3.03. The van der Waals surface area contributed by atoms with Crippen molar-refractivity contribution in [2.75, 3.05) is 13.7 Å². The van der Waals surface area contributed by atoms with Gasteiger partial charge in [0.2, 0.25) is 6.54 Å². The van der Waals surface area contributed by atoms with Gasteiger partial charge in [-0.1, -0.05) is 41.9 Å². The third-order valence-corrected chi connectivity index (χ3v) is 6.12. The van der Waals surface area contributed by atoms with Crippen LogP contribution < -0.4 is 9.47 Å². The Morgan fingerprint density at radius 3 is 2.62 bits per heavy atom. The maximum Gasteiger partial charge on any atom is 0.214 e. The average molecular weight is 516 g/mol. The van der Waals surface area contributed by atoms with Crippen LogP contribution in [0.5, 0.6) is 11.5 Å². The van der Waals surface area contributed by atoms with E-state index in [2.05, 4.69) is 20.9 Å². The fourth-order valence-electron chi connectivity index (χ4n) is 3.73. The van der Waals surface area contributed by atoms with E-state index in [1.54, 1.807) is 25.3 Å². The third-order valence-electron chi connectivity index (χ3n) is 5.28. The lowest BCUT2D eigenvalue weighted by molar-refractivity contribution is -0.481. The Morgan fingerprint density at radius 1 is 1.16 bits per heavy atom. The van der Waals surface area contributed by atoms with Gasteiger partial charge in [-0.2, -0.15) is 0 Å². The summed E-state index contributed by atoms with van der Waals surface area (Å²) in [6.07, 6.45) is 1.84. The predicted octanol–water partition coefficient (Wildman–Crippen LogP) is 6.58. The lowest BCUT2D eigenvalue weighted by Crippen LogP contribution is -2.14. The first-order valence-corrected chi connectivity index (χ1v) is 11.1. The molecule has 6 nitrogen and oxygen atoms in total. The highest BCUT2D eigenvalue weighted by molar-refractivity contribution is 9.10. The molecule has 0 saturated carbocycles. The largest absolute Gasteiger partial charge is 0.493 e. The molecule has 1 heterocycles. The van der Waals surface area contributed by atoms with Gasteiger partial charge in [0.05, 0.1) is 17.5 Å². The van der Waals surface area contributed by atoms with Gasteiger partial charge in [-0.15, -0.1) is 0 Å². The Balaban J connectivity index is 1.70. The zero-order valence-electron chi connectivity index (χ0n) is 17.2. The number of nitro groups is 1. The van der Waals surface area contributed by atoms with Crippen molar-refractivity contribution in [3.8, 4) is 11.5 Å². The smallest absolute Gasteiger partial charge is 0.214 e. The van der Waals surface area contributed by atoms with Crippen LogP contribution >= 0.6 is 27.5 Å². The molecule has 164 valence electrons. The SMILES string of the molecule is COc1cc([C@@H](C[N+](=O)[O-])c2c[nH]c3ccccc23)cc(Br)c1OCc1ccc(Cl)cc1. The number of H-pyrrole nitrogens is 1. The molecular formula is C24H20BrClN2O4. The monoisotopic (exact) mass is 514 g/mol. The van der Waals surface area contributed by atoms with Gasteiger partial charge in [0.25, 0.3) is 0 Å². The molecule has 1 N–H and O–H groups in total. The Labute approximate surface area is 198 Å². The fraction of sp³-hybridized carbons (Fsp3) is 0.167. The van der Waals surface area contributed by atoms with E-state index in [1.807, 2.05) is 48.7 Å². The zero-order chi connectivity index (χ0) is 22.7. The molecule has 0 aliphatic heterocycles. The predicted molar refractivity (Wildman–Crippen MR) is 128 cm³/mol. The van der Waals surface area contributed by atoms with Crippen molar-refractivity contribution in [2.45, 2.75) is 12.5 Å². The second-order valence-electron chi connectivity index (χ2n) is 7.31. The number of halogens is 2. The van der Waals surface area contributed by atoms with E-state index in [9.17, 15) is 10.1 Å². The minimum atomic E-state index is -0.461. The van der Waals surface area contributed by atoms with Gasteiger partial charge in [-0.25, -0.2) is 0 Å². The van der Waals surface area contributed by atoms with E-state index in [4.69, 9.17) is 21.1 Å². The number of benzene rings is 3. The molecule has 32 heavy (non-hydrogen) atoms. The summed E-state index contributed by atoms with van der Waals surface area (Å²) in [6, 6.07) is 18.8. The van der Waals surface area contributed by atoms with E-state index in [-0.39, 0.29) is 11.5 Å². The number of hydrogen-bond acceptors (Lipinski definition) is 4. The molecule has 0 fully saturated rings. The van der Waals surface area contributed by atoms with Gasteiger partial charge in [0.15, 0.2) is 11.5 Å². The second-order valence-corrected chi connectivity index (χ2v) is 8.60. The van der Waals surface area contributed by atoms with Crippen LogP contribution in [0.25, 0.3) is 10.9 Å². The van der Waals surface area contributed by atoms with Gasteiger partial charge in [0.1, 0.15) is 6.61 Å². The normalized spacial score (nSPS) is 12.0. The number of ether oxygens (including phenoxy) is 2. The lowest BCUT2D eigenvalue weighted by Gasteiger charge is -2.18. The molecule has 0 bridgehead atoms. The van der Waals surface area contributed by atoms with Crippen LogP contribution in [0, 0.1) is 10.1 Å². The zero-order valence-corrected chi connectivity index (χ0v) is 19.5. The molecule has 4 rings (SSSR count). The Bertz CT molecular complexity index is 1260. The minimum absolute atomic E-state index is 0.248. The van der Waals surface area contributed by atoms with E-state index >= 15 is 0 Å². The highest BCUT2D eigenvalue weighted by Crippen LogP contribution is 2.41. The molecule has 0 radical (unpaired) electrons. The maximum absolute atomic E-state index is 11.5. The van der Waals surface area contributed by atoms with Crippen LogP contribution in [0.3, 0.4) is 0 Å². The van der Waals surface area contributed by atoms with Crippen LogP contribution in [0.1, 0.15) is 22.6 Å². The molecule has 4 aromatic rings. The Morgan fingerprint density at radius 2 is 1.91 bits per heavy atom. The van der Waals surface area contributed by atoms with Crippen molar-refractivity contribution in [1.82, 2.24) is 4.98 Å². The molecule has 1 aromatic heterocycles. The van der Waals surface area contributed by atoms with E-state index in [0.29, 0.717) is 27.6 Å². The lowest BCUT2D eigenvalue weighted by atomic mass is 9.90. The van der Waals surface area contributed by atoms with Gasteiger partial charge in [-0.05, 0) is 63.0 Å². The number of fused-ring (bicyclic) bond motifs is 1. The number of methoxy groups -OCH3 is 1. The summed E-state index contributed by atoms with van der Waals surface area (Å²) in [5.41, 5.74) is 3.51. The third kappa shape index (κ3) is 4.74. The molecule has 0 unspecified atom stereocenters. The molecule has 1 atom stereocenters. The standard InChI is InChI=1S/C24H20BrClN2O4/c1-31-23-11-16(10-21(25)24(23)32-14-15-6-8-17(26)9-7-15)20(13-28(29)30)19-12-27-22-5-3-2-4-18(19)22/h2-12,20,27H,13-14H2,1H3/t20-/m1/s1. The molecule has 0 aliphatic carbocycles. The number of para-hydroxylation sites is 1. The van der Waals surface area contributed by atoms with Crippen molar-refractivity contribution in [3.63, 3.8) is 0 Å². The number of aromatic amines is 1. The van der Waals surface area contributed by atoms with Crippen molar-refractivity contribution in [1.29, 1.82) is 0 Å². The Kier molecular flexibility index (Phi) is 6.67. The van der Waals surface area contributed by atoms with Crippen LogP contribution in [0.15, 0.2) is 71.3 Å². The summed E-state index contributed by atoms with van der Waals surface area (Å²) in [7, 11) is 1.55. The molecule has 0 saturated heterocycles. The second kappa shape index (κ2) is 9.63. The highest BCUT2D eigenvalue weighted by Gasteiger charge is 2.26. The molecule has 0 aliphatic rings. The van der Waals surface area contributed by atoms with Gasteiger partial charge in [-0.3, -0.25) is 10.1 Å². The summed E-state index contributed by atoms with van der Waals surface area (Å²) in [5.74, 6) is 0.568. The van der Waals surface area contributed by atoms with Crippen molar-refractivity contribution in [3.05, 3.63) is 103 Å². The number of nitrogens with zero attached hydrogens (tertiary/aromatic N) is 1. The fourth-order valence-corrected chi connectivity index (χ4v) is 4.43. The van der Waals surface area contributed by atoms with Gasteiger partial charge >= 0.3 is 0 Å². The van der Waals surface area contributed by atoms with Crippen LogP contribution in [-0.2, 0) is 6.61 Å². The van der Waals surface area contributed by atoms with E-state index in [0.717, 1.165) is 27.6 Å². The van der Waals surface area contributed by atoms with Crippen molar-refractivity contribution >= 4 is 38.4 Å². The summed E-state index contributed by atoms with van der Waals surface area (Å²) < 4.78 is 12.2. The first kappa shape index (κ1) is 22.2. The van der Waals surface area contributed by atoms with E-state index in [1.165, 1.54) is 0 Å². The average Bonchev–Trinajstić information content (AvgIpc) is 3.21. The number of nitrogens with one attached hydrogen (secondary N) is 1. The molecule has 0 amide bonds. The summed E-state index contributed by atoms with van der Waals surface area (Å²) in [6.45, 7) is 0.0780. The summed E-state index contributed by atoms with van der Waals surface area (Å²) in [4.78, 5) is 14.4. The first-order chi connectivity index (χ1) is 15.5. The highest BCUT2D eigenvalue weighted by atomic mass is 79.9. The minimum Gasteiger partial charge on any atom is -0.493 e. The van der Waals surface area contributed by atoms with Crippen molar-refractivity contribution < 1.29 is 14.4 Å². The first-order valence-electron chi connectivity index (χ1n) is 9.88. The maximum atomic E-state index is 11.5. The molecule has 3 aromatic carbocycles. The topological polar surface area (TPSA) is 77.4 Å². The van der Waals surface area contributed by atoms with Crippen LogP contribution in [0.4, 0.5) is 0 Å². The quantitative estimate of drug-likeness (QED) is 0.212. The molecule has 8 heteroatoms.